The third kappa shape index (κ3) is 2.51. The zero-order valence-electron chi connectivity index (χ0n) is 10.4. The van der Waals surface area contributed by atoms with Crippen molar-refractivity contribution in [1.82, 2.24) is 4.31 Å². The molecule has 0 amide bonds. The molecule has 0 spiro atoms. The first-order chi connectivity index (χ1) is 8.28. The molecule has 1 unspecified atom stereocenters. The van der Waals surface area contributed by atoms with E-state index in [2.05, 4.69) is 15.9 Å². The number of sulfonamides is 1. The minimum atomic E-state index is -3.36. The van der Waals surface area contributed by atoms with Crippen molar-refractivity contribution in [3.8, 4) is 0 Å². The van der Waals surface area contributed by atoms with Crippen LogP contribution in [0.2, 0.25) is 0 Å². The molecule has 2 N–H and O–H groups in total. The quantitative estimate of drug-likeness (QED) is 0.906. The summed E-state index contributed by atoms with van der Waals surface area (Å²) in [5.74, 6) is 0. The van der Waals surface area contributed by atoms with Gasteiger partial charge in [0.1, 0.15) is 4.21 Å². The SMILES string of the molecule is Cc1cc(S(=O)(=O)N2CCC(C)(CN)C2)sc1Br. The van der Waals surface area contributed by atoms with E-state index in [4.69, 9.17) is 5.73 Å². The van der Waals surface area contributed by atoms with E-state index in [-0.39, 0.29) is 5.41 Å². The minimum absolute atomic E-state index is 0.0867. The molecule has 0 aromatic carbocycles. The van der Waals surface area contributed by atoms with Gasteiger partial charge < -0.3 is 5.73 Å². The highest BCUT2D eigenvalue weighted by atomic mass is 79.9. The number of aryl methyl sites for hydroxylation is 1. The Morgan fingerprint density at radius 3 is 2.72 bits per heavy atom. The van der Waals surface area contributed by atoms with Crippen LogP contribution in [0.25, 0.3) is 0 Å². The number of nitrogens with two attached hydrogens (primary N) is 1. The third-order valence-corrected chi connectivity index (χ3v) is 7.88. The van der Waals surface area contributed by atoms with E-state index in [0.29, 0.717) is 23.8 Å². The lowest BCUT2D eigenvalue weighted by molar-refractivity contribution is 0.350. The van der Waals surface area contributed by atoms with E-state index in [0.717, 1.165) is 15.8 Å². The van der Waals surface area contributed by atoms with Gasteiger partial charge in [-0.05, 0) is 52.9 Å². The van der Waals surface area contributed by atoms with Crippen LogP contribution >= 0.6 is 27.3 Å². The largest absolute Gasteiger partial charge is 0.330 e. The summed E-state index contributed by atoms with van der Waals surface area (Å²) in [5.41, 5.74) is 6.59. The Morgan fingerprint density at radius 2 is 2.28 bits per heavy atom. The van der Waals surface area contributed by atoms with Crippen LogP contribution in [0.5, 0.6) is 0 Å². The smallest absolute Gasteiger partial charge is 0.252 e. The highest BCUT2D eigenvalue weighted by Gasteiger charge is 2.39. The van der Waals surface area contributed by atoms with Crippen LogP contribution in [-0.2, 0) is 10.0 Å². The lowest BCUT2D eigenvalue weighted by Gasteiger charge is -2.21. The van der Waals surface area contributed by atoms with Crippen molar-refractivity contribution in [2.24, 2.45) is 11.1 Å². The number of hydrogen-bond acceptors (Lipinski definition) is 4. The maximum atomic E-state index is 12.5. The summed E-state index contributed by atoms with van der Waals surface area (Å²) in [6.07, 6.45) is 0.828. The van der Waals surface area contributed by atoms with Crippen LogP contribution < -0.4 is 5.73 Å². The van der Waals surface area contributed by atoms with E-state index < -0.39 is 10.0 Å². The Morgan fingerprint density at radius 1 is 1.61 bits per heavy atom. The molecule has 2 rings (SSSR count). The van der Waals surface area contributed by atoms with Crippen molar-refractivity contribution in [3.05, 3.63) is 15.4 Å². The van der Waals surface area contributed by atoms with E-state index in [9.17, 15) is 8.42 Å². The molecule has 0 aliphatic carbocycles. The highest BCUT2D eigenvalue weighted by molar-refractivity contribution is 9.11. The molecule has 0 bridgehead atoms. The average Bonchev–Trinajstić information content (AvgIpc) is 2.86. The Hall–Kier alpha value is 0.0500. The zero-order valence-corrected chi connectivity index (χ0v) is 13.7. The summed E-state index contributed by atoms with van der Waals surface area (Å²) in [7, 11) is -3.36. The predicted molar refractivity (Wildman–Crippen MR) is 77.3 cm³/mol. The van der Waals surface area contributed by atoms with Crippen molar-refractivity contribution < 1.29 is 8.42 Å². The van der Waals surface area contributed by atoms with Gasteiger partial charge in [-0.15, -0.1) is 11.3 Å². The number of halogens is 1. The molecule has 0 radical (unpaired) electrons. The molecule has 1 fully saturated rings. The van der Waals surface area contributed by atoms with Gasteiger partial charge in [0.25, 0.3) is 10.0 Å². The summed E-state index contributed by atoms with van der Waals surface area (Å²) in [6.45, 7) is 5.53. The number of thiophene rings is 1. The Kier molecular flexibility index (Phi) is 3.91. The molecular weight excluding hydrogens is 336 g/mol. The summed E-state index contributed by atoms with van der Waals surface area (Å²) in [5, 5.41) is 0. The zero-order chi connectivity index (χ0) is 13.6. The molecule has 18 heavy (non-hydrogen) atoms. The maximum Gasteiger partial charge on any atom is 0.252 e. The first kappa shape index (κ1) is 14.5. The molecule has 4 nitrogen and oxygen atoms in total. The molecule has 1 aliphatic heterocycles. The topological polar surface area (TPSA) is 63.4 Å². The van der Waals surface area contributed by atoms with Crippen LogP contribution in [0.15, 0.2) is 14.1 Å². The van der Waals surface area contributed by atoms with Crippen molar-refractivity contribution in [2.75, 3.05) is 19.6 Å². The van der Waals surface area contributed by atoms with Crippen LogP contribution in [0, 0.1) is 12.3 Å². The van der Waals surface area contributed by atoms with Gasteiger partial charge in [-0.1, -0.05) is 6.92 Å². The summed E-state index contributed by atoms with van der Waals surface area (Å²) < 4.78 is 27.8. The molecule has 2 heterocycles. The van der Waals surface area contributed by atoms with Gasteiger partial charge in [-0.3, -0.25) is 0 Å². The summed E-state index contributed by atoms with van der Waals surface area (Å²) in [6, 6.07) is 1.72. The van der Waals surface area contributed by atoms with Gasteiger partial charge in [0.15, 0.2) is 0 Å². The van der Waals surface area contributed by atoms with Crippen molar-refractivity contribution in [3.63, 3.8) is 0 Å². The standard InChI is InChI=1S/C11H17BrN2O2S2/c1-8-5-9(17-10(8)12)18(15,16)14-4-3-11(2,6-13)7-14/h5H,3-4,6-7,13H2,1-2H3. The Bertz CT molecular complexity index is 536. The molecule has 0 saturated carbocycles. The van der Waals surface area contributed by atoms with E-state index in [1.807, 2.05) is 13.8 Å². The van der Waals surface area contributed by atoms with E-state index in [1.165, 1.54) is 11.3 Å². The third-order valence-electron chi connectivity index (χ3n) is 3.44. The van der Waals surface area contributed by atoms with Gasteiger partial charge in [-0.25, -0.2) is 8.42 Å². The van der Waals surface area contributed by atoms with Crippen molar-refractivity contribution >= 4 is 37.3 Å². The maximum absolute atomic E-state index is 12.5. The number of hydrogen-bond donors (Lipinski definition) is 1. The Balaban J connectivity index is 2.28. The molecule has 7 heteroatoms. The molecule has 1 aliphatic rings. The van der Waals surface area contributed by atoms with Crippen molar-refractivity contribution in [1.29, 1.82) is 0 Å². The fraction of sp³-hybridized carbons (Fsp3) is 0.636. The lowest BCUT2D eigenvalue weighted by Crippen LogP contribution is -2.34. The first-order valence-corrected chi connectivity index (χ1v) is 8.80. The summed E-state index contributed by atoms with van der Waals surface area (Å²) in [4.78, 5) is 0. The second-order valence-electron chi connectivity index (χ2n) is 5.13. The van der Waals surface area contributed by atoms with Gasteiger partial charge in [0.2, 0.25) is 0 Å². The molecular formula is C11H17BrN2O2S2. The van der Waals surface area contributed by atoms with Crippen LogP contribution in [0.4, 0.5) is 0 Å². The van der Waals surface area contributed by atoms with Crippen LogP contribution in [-0.4, -0.2) is 32.4 Å². The second kappa shape index (κ2) is 4.86. The van der Waals surface area contributed by atoms with Gasteiger partial charge in [0.05, 0.1) is 3.79 Å². The monoisotopic (exact) mass is 352 g/mol. The normalized spacial score (nSPS) is 25.8. The predicted octanol–water partition coefficient (Wildman–Crippen LogP) is 2.18. The number of nitrogens with zero attached hydrogens (tertiary/aromatic N) is 1. The molecule has 1 aromatic heterocycles. The minimum Gasteiger partial charge on any atom is -0.330 e. The van der Waals surface area contributed by atoms with Gasteiger partial charge in [0, 0.05) is 13.1 Å². The van der Waals surface area contributed by atoms with Gasteiger partial charge >= 0.3 is 0 Å². The van der Waals surface area contributed by atoms with Gasteiger partial charge in [-0.2, -0.15) is 4.31 Å². The first-order valence-electron chi connectivity index (χ1n) is 5.75. The average molecular weight is 353 g/mol. The lowest BCUT2D eigenvalue weighted by atomic mass is 9.90. The molecule has 1 saturated heterocycles. The van der Waals surface area contributed by atoms with E-state index in [1.54, 1.807) is 10.4 Å². The fourth-order valence-corrected chi connectivity index (χ4v) is 6.01. The Labute approximate surface area is 120 Å². The van der Waals surface area contributed by atoms with E-state index >= 15 is 0 Å². The van der Waals surface area contributed by atoms with Crippen LogP contribution in [0.1, 0.15) is 18.9 Å². The number of rotatable bonds is 3. The summed E-state index contributed by atoms with van der Waals surface area (Å²) >= 11 is 4.64. The highest BCUT2D eigenvalue weighted by Crippen LogP contribution is 2.36. The molecule has 102 valence electrons. The van der Waals surface area contributed by atoms with Crippen molar-refractivity contribution in [2.45, 2.75) is 24.5 Å². The molecule has 1 atom stereocenters. The molecule has 1 aromatic rings. The second-order valence-corrected chi connectivity index (χ2v) is 9.66. The fourth-order valence-electron chi connectivity index (χ4n) is 2.04. The van der Waals surface area contributed by atoms with Crippen LogP contribution in [0.3, 0.4) is 0 Å².